The molecule has 4 bridgehead atoms. The van der Waals surface area contributed by atoms with Gasteiger partial charge in [-0.15, -0.1) is 0 Å². The molecule has 2 aromatic carbocycles. The summed E-state index contributed by atoms with van der Waals surface area (Å²) in [5.41, 5.74) is 4.19. The van der Waals surface area contributed by atoms with E-state index in [4.69, 9.17) is 0 Å². The molecule has 1 aromatic heterocycles. The number of amides is 1. The Labute approximate surface area is 200 Å². The highest BCUT2D eigenvalue weighted by Crippen LogP contribution is 2.66. The van der Waals surface area contributed by atoms with E-state index in [1.54, 1.807) is 4.68 Å². The van der Waals surface area contributed by atoms with Gasteiger partial charge in [-0.2, -0.15) is 0 Å². The predicted octanol–water partition coefficient (Wildman–Crippen LogP) is 5.27. The van der Waals surface area contributed by atoms with Crippen LogP contribution in [0.4, 0.5) is 5.69 Å². The number of hydrogen-bond acceptors (Lipinski definition) is 2. The third-order valence-corrected chi connectivity index (χ3v) is 9.00. The summed E-state index contributed by atoms with van der Waals surface area (Å²) >= 11 is 0. The van der Waals surface area contributed by atoms with Crippen LogP contribution in [-0.2, 0) is 17.3 Å². The molecule has 1 amide bonds. The summed E-state index contributed by atoms with van der Waals surface area (Å²) in [6, 6.07) is 18.6. The standard InChI is InChI=1S/C29H33N3O2/c1-19-9-11-23(12-10-19)28-14-21-13-22(15-28)17-29(16-21,18-28)27(34)30-25-20(2)31(3)32(26(25)33)24-7-5-4-6-8-24/h4-12,21-22H,13-18H2,1-3H3,(H,30,34)/t21-,22+,28?,29?. The number of para-hydroxylation sites is 1. The SMILES string of the molecule is Cc1ccc(C23C[C@@H]4C[C@@H](CC(C(=O)Nc5c(C)n(C)n(-c6ccccc6)c5=O)(C4)C2)C3)cc1. The Bertz CT molecular complexity index is 1300. The molecule has 3 aromatic rings. The number of hydrogen-bond donors (Lipinski definition) is 1. The van der Waals surface area contributed by atoms with Crippen LogP contribution in [0.1, 0.15) is 55.3 Å². The van der Waals surface area contributed by atoms with Crippen LogP contribution in [0.2, 0.25) is 0 Å². The maximum Gasteiger partial charge on any atom is 0.295 e. The Morgan fingerprint density at radius 1 is 0.941 bits per heavy atom. The summed E-state index contributed by atoms with van der Waals surface area (Å²) in [4.78, 5) is 27.4. The van der Waals surface area contributed by atoms with Crippen molar-refractivity contribution in [2.75, 3.05) is 5.32 Å². The zero-order valence-electron chi connectivity index (χ0n) is 20.3. The number of aryl methyl sites for hydroxylation is 1. The van der Waals surface area contributed by atoms with E-state index in [1.807, 2.05) is 49.0 Å². The number of rotatable bonds is 4. The van der Waals surface area contributed by atoms with Gasteiger partial charge >= 0.3 is 0 Å². The largest absolute Gasteiger partial charge is 0.319 e. The first-order valence-electron chi connectivity index (χ1n) is 12.5. The topological polar surface area (TPSA) is 56.0 Å². The molecule has 4 saturated carbocycles. The molecule has 0 radical (unpaired) electrons. The lowest BCUT2D eigenvalue weighted by Gasteiger charge is -2.61. The molecule has 0 saturated heterocycles. The van der Waals surface area contributed by atoms with Crippen LogP contribution in [0.3, 0.4) is 0 Å². The third-order valence-electron chi connectivity index (χ3n) is 9.00. The van der Waals surface area contributed by atoms with E-state index >= 15 is 0 Å². The molecule has 5 nitrogen and oxygen atoms in total. The molecule has 34 heavy (non-hydrogen) atoms. The number of carbonyl (C=O) groups is 1. The molecule has 7 rings (SSSR count). The van der Waals surface area contributed by atoms with E-state index in [0.717, 1.165) is 30.6 Å². The minimum Gasteiger partial charge on any atom is -0.319 e. The summed E-state index contributed by atoms with van der Waals surface area (Å²) in [5.74, 6) is 1.22. The van der Waals surface area contributed by atoms with E-state index in [1.165, 1.54) is 30.4 Å². The van der Waals surface area contributed by atoms with Gasteiger partial charge in [0.05, 0.1) is 16.8 Å². The van der Waals surface area contributed by atoms with Crippen molar-refractivity contribution in [2.45, 2.75) is 57.8 Å². The van der Waals surface area contributed by atoms with E-state index in [9.17, 15) is 9.59 Å². The van der Waals surface area contributed by atoms with Crippen molar-refractivity contribution in [1.29, 1.82) is 0 Å². The van der Waals surface area contributed by atoms with Crippen molar-refractivity contribution in [2.24, 2.45) is 24.3 Å². The molecule has 1 N–H and O–H groups in total. The smallest absolute Gasteiger partial charge is 0.295 e. The molecule has 4 aliphatic carbocycles. The normalized spacial score (nSPS) is 29.4. The molecule has 4 atom stereocenters. The molecule has 5 heteroatoms. The summed E-state index contributed by atoms with van der Waals surface area (Å²) in [5, 5.41) is 3.15. The van der Waals surface area contributed by atoms with E-state index in [2.05, 4.69) is 36.5 Å². The predicted molar refractivity (Wildman–Crippen MR) is 134 cm³/mol. The molecule has 0 aliphatic heterocycles. The summed E-state index contributed by atoms with van der Waals surface area (Å²) < 4.78 is 3.47. The van der Waals surface area contributed by atoms with Crippen LogP contribution >= 0.6 is 0 Å². The first-order valence-corrected chi connectivity index (χ1v) is 12.5. The number of benzene rings is 2. The van der Waals surface area contributed by atoms with Crippen molar-refractivity contribution in [1.82, 2.24) is 9.36 Å². The Morgan fingerprint density at radius 3 is 2.24 bits per heavy atom. The van der Waals surface area contributed by atoms with Crippen LogP contribution in [0, 0.1) is 31.1 Å². The lowest BCUT2D eigenvalue weighted by atomic mass is 9.42. The van der Waals surface area contributed by atoms with Crippen LogP contribution in [0.5, 0.6) is 0 Å². The van der Waals surface area contributed by atoms with E-state index in [0.29, 0.717) is 17.5 Å². The fourth-order valence-electron chi connectivity index (χ4n) is 7.73. The molecule has 1 heterocycles. The van der Waals surface area contributed by atoms with Gasteiger partial charge in [-0.25, -0.2) is 4.68 Å². The molecule has 0 spiro atoms. The van der Waals surface area contributed by atoms with Crippen LogP contribution in [0.25, 0.3) is 5.69 Å². The lowest BCUT2D eigenvalue weighted by Crippen LogP contribution is -2.58. The number of nitrogens with zero attached hydrogens (tertiary/aromatic N) is 2. The van der Waals surface area contributed by atoms with Crippen LogP contribution in [0.15, 0.2) is 59.4 Å². The van der Waals surface area contributed by atoms with Gasteiger partial charge < -0.3 is 5.32 Å². The van der Waals surface area contributed by atoms with Gasteiger partial charge in [-0.3, -0.25) is 14.3 Å². The Balaban J connectivity index is 1.35. The molecular formula is C29H33N3O2. The summed E-state index contributed by atoms with van der Waals surface area (Å²) in [6.45, 7) is 4.03. The van der Waals surface area contributed by atoms with Crippen LogP contribution in [-0.4, -0.2) is 15.3 Å². The third kappa shape index (κ3) is 3.13. The highest BCUT2D eigenvalue weighted by atomic mass is 16.2. The van der Waals surface area contributed by atoms with Crippen molar-refractivity contribution in [3.63, 3.8) is 0 Å². The maximum absolute atomic E-state index is 14.0. The van der Waals surface area contributed by atoms with Gasteiger partial charge in [0, 0.05) is 7.05 Å². The number of anilines is 1. The van der Waals surface area contributed by atoms with E-state index < -0.39 is 0 Å². The Morgan fingerprint density at radius 2 is 1.59 bits per heavy atom. The Hall–Kier alpha value is -3.08. The molecule has 4 aliphatic rings. The first-order chi connectivity index (χ1) is 16.3. The maximum atomic E-state index is 14.0. The van der Waals surface area contributed by atoms with Gasteiger partial charge in [-0.1, -0.05) is 48.0 Å². The second kappa shape index (κ2) is 7.46. The number of nitrogens with one attached hydrogen (secondary N) is 1. The number of carbonyl (C=O) groups excluding carboxylic acids is 1. The molecule has 4 fully saturated rings. The Kier molecular flexibility index (Phi) is 4.71. The lowest BCUT2D eigenvalue weighted by molar-refractivity contribution is -0.143. The van der Waals surface area contributed by atoms with Crippen molar-refractivity contribution < 1.29 is 4.79 Å². The first kappa shape index (κ1) is 21.5. The summed E-state index contributed by atoms with van der Waals surface area (Å²) in [6.07, 6.45) is 6.40. The van der Waals surface area contributed by atoms with Gasteiger partial charge in [0.1, 0.15) is 5.69 Å². The number of aromatic nitrogens is 2. The molecule has 176 valence electrons. The average molecular weight is 456 g/mol. The van der Waals surface area contributed by atoms with E-state index in [-0.39, 0.29) is 22.3 Å². The molecular weight excluding hydrogens is 422 g/mol. The fourth-order valence-corrected chi connectivity index (χ4v) is 7.73. The fraction of sp³-hybridized carbons (Fsp3) is 0.448. The van der Waals surface area contributed by atoms with Gasteiger partial charge in [0.15, 0.2) is 0 Å². The summed E-state index contributed by atoms with van der Waals surface area (Å²) in [7, 11) is 1.87. The minimum atomic E-state index is -0.388. The second-order valence-corrected chi connectivity index (χ2v) is 11.3. The zero-order chi connectivity index (χ0) is 23.7. The van der Waals surface area contributed by atoms with Crippen molar-refractivity contribution >= 4 is 11.6 Å². The highest BCUT2D eigenvalue weighted by Gasteiger charge is 2.61. The molecule has 2 unspecified atom stereocenters. The van der Waals surface area contributed by atoms with Gasteiger partial charge in [-0.05, 0) is 87.3 Å². The van der Waals surface area contributed by atoms with Crippen molar-refractivity contribution in [3.05, 3.63) is 81.8 Å². The average Bonchev–Trinajstić information content (AvgIpc) is 3.02. The second-order valence-electron chi connectivity index (χ2n) is 11.3. The highest BCUT2D eigenvalue weighted by molar-refractivity contribution is 5.96. The van der Waals surface area contributed by atoms with Crippen LogP contribution < -0.4 is 10.9 Å². The monoisotopic (exact) mass is 455 g/mol. The quantitative estimate of drug-likeness (QED) is 0.583. The minimum absolute atomic E-state index is 0.0455. The van der Waals surface area contributed by atoms with Crippen molar-refractivity contribution in [3.8, 4) is 5.69 Å². The van der Waals surface area contributed by atoms with Gasteiger partial charge in [0.25, 0.3) is 5.56 Å². The van der Waals surface area contributed by atoms with Gasteiger partial charge in [0.2, 0.25) is 5.91 Å². The zero-order valence-corrected chi connectivity index (χ0v) is 20.3.